The lowest BCUT2D eigenvalue weighted by Gasteiger charge is -2.36. The van der Waals surface area contributed by atoms with E-state index in [4.69, 9.17) is 18.9 Å². The summed E-state index contributed by atoms with van der Waals surface area (Å²) in [6, 6.07) is 62.3. The minimum Gasteiger partial charge on any atom is -0.377 e. The molecule has 0 saturated carbocycles. The SMILES string of the molecule is c1ccc(C(OCCOCCOCCOC(c2ccccc2)(c2ccccc2)c2ccccc2)(c2ccccc2)c2ccccc2)cc1. The van der Waals surface area contributed by atoms with Gasteiger partial charge in [-0.1, -0.05) is 182 Å². The smallest absolute Gasteiger partial charge is 0.143 e. The minimum absolute atomic E-state index is 0.412. The fraction of sp³-hybridized carbons (Fsp3) is 0.182. The Kier molecular flexibility index (Phi) is 11.6. The van der Waals surface area contributed by atoms with E-state index in [1.54, 1.807) is 0 Å². The van der Waals surface area contributed by atoms with Crippen LogP contribution < -0.4 is 0 Å². The lowest BCUT2D eigenvalue weighted by atomic mass is 9.80. The first-order valence-corrected chi connectivity index (χ1v) is 16.6. The molecule has 6 aromatic carbocycles. The van der Waals surface area contributed by atoms with Crippen LogP contribution in [0.5, 0.6) is 0 Å². The van der Waals surface area contributed by atoms with E-state index in [9.17, 15) is 0 Å². The molecule has 242 valence electrons. The first-order chi connectivity index (χ1) is 23.8. The molecular formula is C44H42O4. The summed E-state index contributed by atoms with van der Waals surface area (Å²) in [5.74, 6) is 0. The van der Waals surface area contributed by atoms with Crippen LogP contribution in [0.25, 0.3) is 0 Å². The molecule has 0 amide bonds. The Morgan fingerprint density at radius 3 is 0.646 bits per heavy atom. The van der Waals surface area contributed by atoms with Crippen molar-refractivity contribution in [3.8, 4) is 0 Å². The predicted molar refractivity (Wildman–Crippen MR) is 192 cm³/mol. The van der Waals surface area contributed by atoms with Crippen LogP contribution in [0.15, 0.2) is 182 Å². The summed E-state index contributed by atoms with van der Waals surface area (Å²) in [5, 5.41) is 0. The molecular weight excluding hydrogens is 592 g/mol. The molecule has 0 aliphatic heterocycles. The van der Waals surface area contributed by atoms with E-state index in [0.717, 1.165) is 33.4 Å². The van der Waals surface area contributed by atoms with Gasteiger partial charge >= 0.3 is 0 Å². The highest BCUT2D eigenvalue weighted by Crippen LogP contribution is 2.41. The third-order valence-corrected chi connectivity index (χ3v) is 8.55. The number of hydrogen-bond donors (Lipinski definition) is 0. The summed E-state index contributed by atoms with van der Waals surface area (Å²) >= 11 is 0. The van der Waals surface area contributed by atoms with Crippen molar-refractivity contribution in [2.24, 2.45) is 0 Å². The van der Waals surface area contributed by atoms with Crippen LogP contribution in [0.3, 0.4) is 0 Å². The Morgan fingerprint density at radius 1 is 0.250 bits per heavy atom. The second-order valence-corrected chi connectivity index (χ2v) is 11.5. The minimum atomic E-state index is -0.760. The van der Waals surface area contributed by atoms with Crippen molar-refractivity contribution in [1.29, 1.82) is 0 Å². The van der Waals surface area contributed by atoms with Crippen molar-refractivity contribution in [2.75, 3.05) is 39.6 Å². The third-order valence-electron chi connectivity index (χ3n) is 8.55. The van der Waals surface area contributed by atoms with Crippen LogP contribution in [0.1, 0.15) is 33.4 Å². The molecule has 4 heteroatoms. The van der Waals surface area contributed by atoms with E-state index in [1.165, 1.54) is 0 Å². The van der Waals surface area contributed by atoms with Gasteiger partial charge in [-0.15, -0.1) is 0 Å². The summed E-state index contributed by atoms with van der Waals surface area (Å²) in [6.45, 7) is 2.62. The molecule has 6 rings (SSSR count). The Hall–Kier alpha value is -4.84. The summed E-state index contributed by atoms with van der Waals surface area (Å²) in [7, 11) is 0. The Balaban J connectivity index is 1.05. The molecule has 0 saturated heterocycles. The standard InChI is InChI=1S/C44H42O4/c1-7-19-37(20-8-1)43(38-21-9-2-10-22-38,39-23-11-3-12-24-39)47-35-33-45-31-32-46-34-36-48-44(40-25-13-4-14-26-40,41-27-15-5-16-28-41)42-29-17-6-18-30-42/h1-30H,31-36H2. The zero-order valence-corrected chi connectivity index (χ0v) is 27.2. The molecule has 0 unspecified atom stereocenters. The van der Waals surface area contributed by atoms with E-state index < -0.39 is 11.2 Å². The number of hydrogen-bond acceptors (Lipinski definition) is 4. The molecule has 0 heterocycles. The van der Waals surface area contributed by atoms with Gasteiger partial charge in [0.1, 0.15) is 11.2 Å². The average molecular weight is 635 g/mol. The Morgan fingerprint density at radius 2 is 0.438 bits per heavy atom. The monoisotopic (exact) mass is 634 g/mol. The first kappa shape index (κ1) is 33.1. The molecule has 0 bridgehead atoms. The molecule has 0 fully saturated rings. The Labute approximate surface area is 284 Å². The summed E-state index contributed by atoms with van der Waals surface area (Å²) in [5.41, 5.74) is 4.91. The van der Waals surface area contributed by atoms with Crippen molar-refractivity contribution < 1.29 is 18.9 Å². The van der Waals surface area contributed by atoms with E-state index >= 15 is 0 Å². The molecule has 0 atom stereocenters. The molecule has 0 aliphatic rings. The van der Waals surface area contributed by atoms with Gasteiger partial charge in [0.15, 0.2) is 0 Å². The molecule has 0 N–H and O–H groups in total. The maximum atomic E-state index is 6.81. The third kappa shape index (κ3) is 7.49. The Bertz CT molecular complexity index is 1420. The van der Waals surface area contributed by atoms with Crippen LogP contribution in [0.4, 0.5) is 0 Å². The molecule has 0 aromatic heterocycles. The van der Waals surface area contributed by atoms with Gasteiger partial charge in [0, 0.05) is 0 Å². The lowest BCUT2D eigenvalue weighted by molar-refractivity contribution is -0.0479. The van der Waals surface area contributed by atoms with E-state index in [0.29, 0.717) is 39.6 Å². The molecule has 0 aliphatic carbocycles. The second-order valence-electron chi connectivity index (χ2n) is 11.5. The molecule has 6 aromatic rings. The fourth-order valence-electron chi connectivity index (χ4n) is 6.37. The van der Waals surface area contributed by atoms with E-state index in [-0.39, 0.29) is 0 Å². The van der Waals surface area contributed by atoms with Gasteiger partial charge in [-0.3, -0.25) is 0 Å². The van der Waals surface area contributed by atoms with Crippen LogP contribution >= 0.6 is 0 Å². The van der Waals surface area contributed by atoms with Gasteiger partial charge in [0.05, 0.1) is 39.6 Å². The summed E-state index contributed by atoms with van der Waals surface area (Å²) < 4.78 is 25.6. The maximum absolute atomic E-state index is 6.81. The van der Waals surface area contributed by atoms with Crippen molar-refractivity contribution in [1.82, 2.24) is 0 Å². The highest BCUT2D eigenvalue weighted by molar-refractivity contribution is 5.48. The highest BCUT2D eigenvalue weighted by atomic mass is 16.6. The molecule has 48 heavy (non-hydrogen) atoms. The summed E-state index contributed by atoms with van der Waals surface area (Å²) in [6.07, 6.45) is 0. The van der Waals surface area contributed by atoms with E-state index in [1.807, 2.05) is 36.4 Å². The normalized spacial score (nSPS) is 11.8. The number of benzene rings is 6. The molecule has 0 radical (unpaired) electrons. The van der Waals surface area contributed by atoms with Crippen molar-refractivity contribution in [3.05, 3.63) is 215 Å². The highest BCUT2D eigenvalue weighted by Gasteiger charge is 2.38. The van der Waals surface area contributed by atoms with Crippen LogP contribution in [0, 0.1) is 0 Å². The topological polar surface area (TPSA) is 36.9 Å². The fourth-order valence-corrected chi connectivity index (χ4v) is 6.37. The average Bonchev–Trinajstić information content (AvgIpc) is 3.18. The van der Waals surface area contributed by atoms with Gasteiger partial charge in [-0.2, -0.15) is 0 Å². The van der Waals surface area contributed by atoms with Crippen molar-refractivity contribution in [3.63, 3.8) is 0 Å². The molecule has 4 nitrogen and oxygen atoms in total. The van der Waals surface area contributed by atoms with Crippen molar-refractivity contribution >= 4 is 0 Å². The quantitative estimate of drug-likeness (QED) is 0.0741. The van der Waals surface area contributed by atoms with E-state index in [2.05, 4.69) is 146 Å². The van der Waals surface area contributed by atoms with Gasteiger partial charge in [-0.25, -0.2) is 0 Å². The lowest BCUT2D eigenvalue weighted by Crippen LogP contribution is -2.34. The largest absolute Gasteiger partial charge is 0.377 e. The maximum Gasteiger partial charge on any atom is 0.143 e. The van der Waals surface area contributed by atoms with Gasteiger partial charge < -0.3 is 18.9 Å². The zero-order valence-electron chi connectivity index (χ0n) is 27.2. The van der Waals surface area contributed by atoms with Gasteiger partial charge in [0.25, 0.3) is 0 Å². The zero-order chi connectivity index (χ0) is 32.7. The van der Waals surface area contributed by atoms with Crippen LogP contribution in [-0.2, 0) is 30.1 Å². The van der Waals surface area contributed by atoms with Crippen LogP contribution in [0.2, 0.25) is 0 Å². The van der Waals surface area contributed by atoms with Crippen molar-refractivity contribution in [2.45, 2.75) is 11.2 Å². The first-order valence-electron chi connectivity index (χ1n) is 16.6. The second kappa shape index (κ2) is 16.8. The number of rotatable bonds is 17. The number of ether oxygens (including phenoxy) is 4. The van der Waals surface area contributed by atoms with Gasteiger partial charge in [0.2, 0.25) is 0 Å². The summed E-state index contributed by atoms with van der Waals surface area (Å²) in [4.78, 5) is 0. The molecule has 0 spiro atoms. The predicted octanol–water partition coefficient (Wildman–Crippen LogP) is 9.04. The van der Waals surface area contributed by atoms with Crippen LogP contribution in [-0.4, -0.2) is 39.6 Å². The van der Waals surface area contributed by atoms with Gasteiger partial charge in [-0.05, 0) is 33.4 Å².